The molecule has 0 rings (SSSR count). The molecule has 0 aliphatic carbocycles. The largest absolute Gasteiger partial charge is 0.381 e. The standard InChI is InChI=1S/C8H18O.C6H14O2/c1-3-5-7-9-8-6-4-2;1-2-3-4-5-6(7)8/h3-8H2,1-2H3;6-8H,2-5H2,1H3. The Kier molecular flexibility index (Phi) is 20.6. The van der Waals surface area contributed by atoms with Crippen molar-refractivity contribution in [3.05, 3.63) is 0 Å². The van der Waals surface area contributed by atoms with Gasteiger partial charge in [0.05, 0.1) is 0 Å². The second kappa shape index (κ2) is 18.3. The molecule has 0 heterocycles. The number of rotatable bonds is 10. The number of aliphatic hydroxyl groups is 2. The second-order valence-electron chi connectivity index (χ2n) is 4.30. The Bertz CT molecular complexity index is 110. The fourth-order valence-corrected chi connectivity index (χ4v) is 1.17. The molecule has 0 aliphatic rings. The molecule has 0 saturated heterocycles. The average molecular weight is 248 g/mol. The van der Waals surface area contributed by atoms with E-state index in [1.807, 2.05) is 0 Å². The average Bonchev–Trinajstić information content (AvgIpc) is 2.30. The number of unbranched alkanes of at least 4 members (excludes halogenated alkanes) is 4. The van der Waals surface area contributed by atoms with Gasteiger partial charge in [0.25, 0.3) is 0 Å². The van der Waals surface area contributed by atoms with E-state index in [2.05, 4.69) is 20.8 Å². The van der Waals surface area contributed by atoms with Crippen LogP contribution in [0, 0.1) is 0 Å². The third-order valence-electron chi connectivity index (χ3n) is 2.35. The van der Waals surface area contributed by atoms with Crippen molar-refractivity contribution in [2.45, 2.75) is 78.4 Å². The van der Waals surface area contributed by atoms with Crippen LogP contribution in [0.1, 0.15) is 72.1 Å². The Balaban J connectivity index is 0. The first-order valence-corrected chi connectivity index (χ1v) is 7.12. The van der Waals surface area contributed by atoms with E-state index in [0.717, 1.165) is 32.5 Å². The highest BCUT2D eigenvalue weighted by molar-refractivity contribution is 4.40. The van der Waals surface area contributed by atoms with Crippen LogP contribution in [0.4, 0.5) is 0 Å². The summed E-state index contributed by atoms with van der Waals surface area (Å²) in [5.74, 6) is 0. The van der Waals surface area contributed by atoms with Crippen LogP contribution in [0.25, 0.3) is 0 Å². The summed E-state index contributed by atoms with van der Waals surface area (Å²) in [5.41, 5.74) is 0. The van der Waals surface area contributed by atoms with Gasteiger partial charge in [0.2, 0.25) is 0 Å². The van der Waals surface area contributed by atoms with Gasteiger partial charge in [0.15, 0.2) is 6.29 Å². The maximum Gasteiger partial charge on any atom is 0.151 e. The van der Waals surface area contributed by atoms with Crippen LogP contribution in [0.15, 0.2) is 0 Å². The van der Waals surface area contributed by atoms with Crippen LogP contribution in [0.2, 0.25) is 0 Å². The van der Waals surface area contributed by atoms with Crippen molar-refractivity contribution in [2.75, 3.05) is 13.2 Å². The summed E-state index contributed by atoms with van der Waals surface area (Å²) in [7, 11) is 0. The van der Waals surface area contributed by atoms with Gasteiger partial charge in [-0.25, -0.2) is 0 Å². The minimum Gasteiger partial charge on any atom is -0.381 e. The monoisotopic (exact) mass is 248 g/mol. The summed E-state index contributed by atoms with van der Waals surface area (Å²) in [5, 5.41) is 16.7. The highest BCUT2D eigenvalue weighted by Crippen LogP contribution is 1.99. The van der Waals surface area contributed by atoms with Crippen molar-refractivity contribution < 1.29 is 14.9 Å². The first-order valence-electron chi connectivity index (χ1n) is 7.12. The molecule has 0 aromatic heterocycles. The summed E-state index contributed by atoms with van der Waals surface area (Å²) >= 11 is 0. The molecule has 3 heteroatoms. The zero-order chi connectivity index (χ0) is 13.4. The molecule has 0 aliphatic heterocycles. The molecular weight excluding hydrogens is 216 g/mol. The van der Waals surface area contributed by atoms with Crippen LogP contribution in [-0.4, -0.2) is 29.7 Å². The molecule has 0 radical (unpaired) electrons. The number of hydrogen-bond donors (Lipinski definition) is 2. The Morgan fingerprint density at radius 3 is 1.59 bits per heavy atom. The lowest BCUT2D eigenvalue weighted by Crippen LogP contribution is -2.02. The van der Waals surface area contributed by atoms with Crippen LogP contribution >= 0.6 is 0 Å². The second-order valence-corrected chi connectivity index (χ2v) is 4.30. The van der Waals surface area contributed by atoms with Crippen LogP contribution in [0.3, 0.4) is 0 Å². The number of ether oxygens (including phenoxy) is 1. The fourth-order valence-electron chi connectivity index (χ4n) is 1.17. The van der Waals surface area contributed by atoms with E-state index >= 15 is 0 Å². The van der Waals surface area contributed by atoms with Crippen LogP contribution in [0.5, 0.6) is 0 Å². The predicted molar refractivity (Wildman–Crippen MR) is 73.0 cm³/mol. The molecule has 0 spiro atoms. The Hall–Kier alpha value is -0.120. The Morgan fingerprint density at radius 2 is 1.24 bits per heavy atom. The lowest BCUT2D eigenvalue weighted by atomic mass is 10.2. The molecule has 2 N–H and O–H groups in total. The molecule has 3 nitrogen and oxygen atoms in total. The van der Waals surface area contributed by atoms with Crippen molar-refractivity contribution in [1.29, 1.82) is 0 Å². The van der Waals surface area contributed by atoms with Crippen molar-refractivity contribution >= 4 is 0 Å². The van der Waals surface area contributed by atoms with E-state index in [1.165, 1.54) is 25.7 Å². The summed E-state index contributed by atoms with van der Waals surface area (Å²) < 4.78 is 5.31. The molecule has 0 saturated carbocycles. The molecule has 0 unspecified atom stereocenters. The topological polar surface area (TPSA) is 49.7 Å². The van der Waals surface area contributed by atoms with Gasteiger partial charge in [-0.1, -0.05) is 46.5 Å². The number of hydrogen-bond acceptors (Lipinski definition) is 3. The smallest absolute Gasteiger partial charge is 0.151 e. The molecule has 0 bridgehead atoms. The van der Waals surface area contributed by atoms with Crippen molar-refractivity contribution in [2.24, 2.45) is 0 Å². The maximum absolute atomic E-state index is 8.33. The quantitative estimate of drug-likeness (QED) is 0.459. The van der Waals surface area contributed by atoms with Crippen LogP contribution < -0.4 is 0 Å². The third-order valence-corrected chi connectivity index (χ3v) is 2.35. The Morgan fingerprint density at radius 1 is 0.765 bits per heavy atom. The number of aliphatic hydroxyl groups excluding tert-OH is 1. The van der Waals surface area contributed by atoms with Crippen molar-refractivity contribution in [3.63, 3.8) is 0 Å². The van der Waals surface area contributed by atoms with Gasteiger partial charge in [-0.15, -0.1) is 0 Å². The fraction of sp³-hybridized carbons (Fsp3) is 1.00. The van der Waals surface area contributed by atoms with E-state index in [-0.39, 0.29) is 0 Å². The molecule has 17 heavy (non-hydrogen) atoms. The van der Waals surface area contributed by atoms with E-state index < -0.39 is 6.29 Å². The zero-order valence-electron chi connectivity index (χ0n) is 12.0. The first-order chi connectivity index (χ1) is 8.18. The lowest BCUT2D eigenvalue weighted by molar-refractivity contribution is -0.0465. The third kappa shape index (κ3) is 25.8. The molecule has 0 amide bonds. The maximum atomic E-state index is 8.33. The molecule has 0 aromatic carbocycles. The summed E-state index contributed by atoms with van der Waals surface area (Å²) in [6.45, 7) is 8.36. The summed E-state index contributed by atoms with van der Waals surface area (Å²) in [6, 6.07) is 0. The minimum absolute atomic E-state index is 0.522. The van der Waals surface area contributed by atoms with Crippen molar-refractivity contribution in [1.82, 2.24) is 0 Å². The van der Waals surface area contributed by atoms with Gasteiger partial charge in [-0.3, -0.25) is 0 Å². The van der Waals surface area contributed by atoms with Crippen molar-refractivity contribution in [3.8, 4) is 0 Å². The van der Waals surface area contributed by atoms with Gasteiger partial charge < -0.3 is 14.9 Å². The minimum atomic E-state index is -1.10. The lowest BCUT2D eigenvalue weighted by Gasteiger charge is -1.99. The van der Waals surface area contributed by atoms with E-state index in [0.29, 0.717) is 6.42 Å². The van der Waals surface area contributed by atoms with Gasteiger partial charge in [-0.05, 0) is 25.7 Å². The molecular formula is C14H32O3. The summed E-state index contributed by atoms with van der Waals surface area (Å²) in [4.78, 5) is 0. The van der Waals surface area contributed by atoms with Gasteiger partial charge in [-0.2, -0.15) is 0 Å². The van der Waals surface area contributed by atoms with Gasteiger partial charge >= 0.3 is 0 Å². The highest BCUT2D eigenvalue weighted by atomic mass is 16.5. The van der Waals surface area contributed by atoms with E-state index in [9.17, 15) is 0 Å². The summed E-state index contributed by atoms with van der Waals surface area (Å²) in [6.07, 6.45) is 7.49. The van der Waals surface area contributed by atoms with Gasteiger partial charge in [0, 0.05) is 13.2 Å². The SMILES string of the molecule is CCCCCC(O)O.CCCCOCCCC. The van der Waals surface area contributed by atoms with Gasteiger partial charge in [0.1, 0.15) is 0 Å². The predicted octanol–water partition coefficient (Wildman–Crippen LogP) is 3.48. The van der Waals surface area contributed by atoms with E-state index in [4.69, 9.17) is 14.9 Å². The molecule has 0 fully saturated rings. The van der Waals surface area contributed by atoms with E-state index in [1.54, 1.807) is 0 Å². The zero-order valence-corrected chi connectivity index (χ0v) is 12.0. The molecule has 0 atom stereocenters. The molecule has 0 aromatic rings. The van der Waals surface area contributed by atoms with Crippen LogP contribution in [-0.2, 0) is 4.74 Å². The Labute approximate surface area is 107 Å². The molecule has 106 valence electrons. The normalized spacial score (nSPS) is 10.2. The highest BCUT2D eigenvalue weighted by Gasteiger charge is 1.93. The first kappa shape index (κ1) is 19.2.